The molecule has 0 unspecified atom stereocenters. The molecule has 0 bridgehead atoms. The summed E-state index contributed by atoms with van der Waals surface area (Å²) in [4.78, 5) is 10.7. The predicted molar refractivity (Wildman–Crippen MR) is 101 cm³/mol. The number of benzene rings is 2. The van der Waals surface area contributed by atoms with Gasteiger partial charge in [-0.05, 0) is 31.2 Å². The van der Waals surface area contributed by atoms with Crippen LogP contribution in [0, 0.1) is 10.1 Å². The Hall–Kier alpha value is -2.65. The molecule has 0 saturated carbocycles. The number of nitro groups is 1. The molecule has 0 amide bonds. The monoisotopic (exact) mass is 394 g/mol. The fraction of sp³-hybridized carbons (Fsp3) is 0.333. The molecule has 0 aliphatic heterocycles. The van der Waals surface area contributed by atoms with Gasteiger partial charge in [-0.25, -0.2) is 8.42 Å². The van der Waals surface area contributed by atoms with E-state index in [2.05, 4.69) is 0 Å². The van der Waals surface area contributed by atoms with Crippen LogP contribution in [0.15, 0.2) is 47.4 Å². The summed E-state index contributed by atoms with van der Waals surface area (Å²) in [7, 11) is -3.81. The third-order valence-corrected chi connectivity index (χ3v) is 5.89. The molecule has 2 rings (SSSR count). The van der Waals surface area contributed by atoms with Crippen molar-refractivity contribution in [2.45, 2.75) is 25.7 Å². The summed E-state index contributed by atoms with van der Waals surface area (Å²) in [6, 6.07) is 10.4. The average molecular weight is 394 g/mol. The van der Waals surface area contributed by atoms with E-state index in [1.54, 1.807) is 38.1 Å². The van der Waals surface area contributed by atoms with E-state index in [9.17, 15) is 18.5 Å². The van der Waals surface area contributed by atoms with Crippen molar-refractivity contribution in [2.75, 3.05) is 19.7 Å². The first-order valence-corrected chi connectivity index (χ1v) is 9.97. The van der Waals surface area contributed by atoms with Gasteiger partial charge in [-0.1, -0.05) is 26.0 Å². The van der Waals surface area contributed by atoms with E-state index in [4.69, 9.17) is 9.47 Å². The van der Waals surface area contributed by atoms with E-state index in [0.717, 1.165) is 6.07 Å². The van der Waals surface area contributed by atoms with Gasteiger partial charge in [0.05, 0.1) is 16.4 Å². The fourth-order valence-electron chi connectivity index (χ4n) is 2.53. The van der Waals surface area contributed by atoms with Crippen molar-refractivity contribution in [1.82, 2.24) is 4.31 Å². The van der Waals surface area contributed by atoms with Crippen LogP contribution in [-0.2, 0) is 10.0 Å². The second-order valence-electron chi connectivity index (χ2n) is 5.46. The summed E-state index contributed by atoms with van der Waals surface area (Å²) in [6.07, 6.45) is 0. The zero-order chi connectivity index (χ0) is 20.0. The molecule has 27 heavy (non-hydrogen) atoms. The highest BCUT2D eigenvalue weighted by Gasteiger charge is 2.26. The van der Waals surface area contributed by atoms with Gasteiger partial charge in [-0.15, -0.1) is 0 Å². The molecule has 0 fully saturated rings. The lowest BCUT2D eigenvalue weighted by Crippen LogP contribution is -2.30. The maximum absolute atomic E-state index is 12.6. The Bertz CT molecular complexity index is 910. The van der Waals surface area contributed by atoms with Gasteiger partial charge in [-0.2, -0.15) is 4.31 Å². The summed E-state index contributed by atoms with van der Waals surface area (Å²) >= 11 is 0. The van der Waals surface area contributed by atoms with Crippen LogP contribution in [0.5, 0.6) is 17.2 Å². The molecule has 8 nitrogen and oxygen atoms in total. The predicted octanol–water partition coefficient (Wildman–Crippen LogP) is 3.82. The molecule has 0 spiro atoms. The first-order valence-electron chi connectivity index (χ1n) is 8.53. The third-order valence-electron chi connectivity index (χ3n) is 3.84. The Labute approximate surface area is 158 Å². The van der Waals surface area contributed by atoms with Crippen LogP contribution >= 0.6 is 0 Å². The van der Waals surface area contributed by atoms with Crippen LogP contribution in [0.3, 0.4) is 0 Å². The summed E-state index contributed by atoms with van der Waals surface area (Å²) in [5, 5.41) is 11.5. The molecule has 0 heterocycles. The van der Waals surface area contributed by atoms with Crippen LogP contribution in [-0.4, -0.2) is 37.3 Å². The first kappa shape index (κ1) is 20.7. The highest BCUT2D eigenvalue weighted by molar-refractivity contribution is 7.89. The normalized spacial score (nSPS) is 11.4. The molecule has 0 N–H and O–H groups in total. The van der Waals surface area contributed by atoms with Gasteiger partial charge in [0.25, 0.3) is 0 Å². The summed E-state index contributed by atoms with van der Waals surface area (Å²) in [5.41, 5.74) is -0.436. The van der Waals surface area contributed by atoms with E-state index in [-0.39, 0.29) is 23.7 Å². The number of nitro benzene ring substituents is 1. The Morgan fingerprint density at radius 3 is 2.19 bits per heavy atom. The summed E-state index contributed by atoms with van der Waals surface area (Å²) < 4.78 is 37.6. The van der Waals surface area contributed by atoms with Crippen molar-refractivity contribution in [3.8, 4) is 17.2 Å². The quantitative estimate of drug-likeness (QED) is 0.474. The van der Waals surface area contributed by atoms with Crippen molar-refractivity contribution in [1.29, 1.82) is 0 Å². The molecule has 0 radical (unpaired) electrons. The van der Waals surface area contributed by atoms with Gasteiger partial charge in [0.1, 0.15) is 0 Å². The maximum Gasteiger partial charge on any atom is 0.312 e. The van der Waals surface area contributed by atoms with Crippen molar-refractivity contribution in [3.63, 3.8) is 0 Å². The highest BCUT2D eigenvalue weighted by atomic mass is 32.2. The lowest BCUT2D eigenvalue weighted by atomic mass is 10.3. The summed E-state index contributed by atoms with van der Waals surface area (Å²) in [6.45, 7) is 6.17. The van der Waals surface area contributed by atoms with Crippen molar-refractivity contribution in [3.05, 3.63) is 52.6 Å². The zero-order valence-corrected chi connectivity index (χ0v) is 16.2. The van der Waals surface area contributed by atoms with Crippen molar-refractivity contribution < 1.29 is 22.8 Å². The standard InChI is InChI=1S/C18H22N2O6S/c1-4-19(5-2)27(23,24)14-11-12-16(15(13-14)20(21)22)26-18-10-8-7-9-17(18)25-6-3/h7-13H,4-6H2,1-3H3. The summed E-state index contributed by atoms with van der Waals surface area (Å²) in [5.74, 6) is 0.682. The Balaban J connectivity index is 2.47. The molecule has 2 aromatic carbocycles. The average Bonchev–Trinajstić information content (AvgIpc) is 2.64. The third kappa shape index (κ3) is 4.55. The second-order valence-corrected chi connectivity index (χ2v) is 7.40. The molecule has 0 aromatic heterocycles. The number of ether oxygens (including phenoxy) is 2. The highest BCUT2D eigenvalue weighted by Crippen LogP contribution is 2.37. The van der Waals surface area contributed by atoms with Gasteiger partial charge in [0.15, 0.2) is 11.5 Å². The van der Waals surface area contributed by atoms with Gasteiger partial charge < -0.3 is 9.47 Å². The van der Waals surface area contributed by atoms with Crippen LogP contribution in [0.2, 0.25) is 0 Å². The molecule has 0 aliphatic carbocycles. The fourth-order valence-corrected chi connectivity index (χ4v) is 4.01. The zero-order valence-electron chi connectivity index (χ0n) is 15.4. The minimum atomic E-state index is -3.81. The van der Waals surface area contributed by atoms with Crippen LogP contribution in [0.4, 0.5) is 5.69 Å². The Morgan fingerprint density at radius 1 is 1.00 bits per heavy atom. The maximum atomic E-state index is 12.6. The SMILES string of the molecule is CCOc1ccccc1Oc1ccc(S(=O)(=O)N(CC)CC)cc1[N+](=O)[O-]. The van der Waals surface area contributed by atoms with Gasteiger partial charge in [0.2, 0.25) is 15.8 Å². The van der Waals surface area contributed by atoms with Crippen LogP contribution in [0.1, 0.15) is 20.8 Å². The van der Waals surface area contributed by atoms with E-state index in [1.165, 1.54) is 16.4 Å². The number of sulfonamides is 1. The molecular weight excluding hydrogens is 372 g/mol. The molecule has 0 saturated heterocycles. The number of nitrogens with zero attached hydrogens (tertiary/aromatic N) is 2. The smallest absolute Gasteiger partial charge is 0.312 e. The second kappa shape index (κ2) is 8.83. The van der Waals surface area contributed by atoms with E-state index in [0.29, 0.717) is 18.1 Å². The Morgan fingerprint density at radius 2 is 1.63 bits per heavy atom. The molecule has 2 aromatic rings. The molecule has 0 aliphatic rings. The minimum Gasteiger partial charge on any atom is -0.490 e. The van der Waals surface area contributed by atoms with Gasteiger partial charge >= 0.3 is 5.69 Å². The van der Waals surface area contributed by atoms with E-state index >= 15 is 0 Å². The lowest BCUT2D eigenvalue weighted by Gasteiger charge is -2.18. The molecule has 9 heteroatoms. The van der Waals surface area contributed by atoms with Crippen molar-refractivity contribution in [2.24, 2.45) is 0 Å². The topological polar surface area (TPSA) is 99.0 Å². The van der Waals surface area contributed by atoms with Crippen molar-refractivity contribution >= 4 is 15.7 Å². The number of hydrogen-bond donors (Lipinski definition) is 0. The minimum absolute atomic E-state index is 0.0642. The van der Waals surface area contributed by atoms with E-state index in [1.807, 2.05) is 6.92 Å². The molecule has 0 atom stereocenters. The lowest BCUT2D eigenvalue weighted by molar-refractivity contribution is -0.385. The van der Waals surface area contributed by atoms with Gasteiger partial charge in [0, 0.05) is 19.2 Å². The first-order chi connectivity index (χ1) is 12.8. The molecular formula is C18H22N2O6S. The van der Waals surface area contributed by atoms with Crippen LogP contribution in [0.25, 0.3) is 0 Å². The van der Waals surface area contributed by atoms with Crippen LogP contribution < -0.4 is 9.47 Å². The number of hydrogen-bond acceptors (Lipinski definition) is 6. The largest absolute Gasteiger partial charge is 0.490 e. The van der Waals surface area contributed by atoms with E-state index < -0.39 is 20.6 Å². The number of rotatable bonds is 9. The van der Waals surface area contributed by atoms with Gasteiger partial charge in [-0.3, -0.25) is 10.1 Å². The molecule has 146 valence electrons. The Kier molecular flexibility index (Phi) is 6.75. The number of para-hydroxylation sites is 2.